The van der Waals surface area contributed by atoms with Crippen LogP contribution in [0.5, 0.6) is 11.5 Å². The molecule has 1 atom stereocenters. The maximum absolute atomic E-state index is 5.32. The number of rotatable bonds is 7. The van der Waals surface area contributed by atoms with Gasteiger partial charge in [-0.1, -0.05) is 6.07 Å². The fourth-order valence-corrected chi connectivity index (χ4v) is 3.60. The van der Waals surface area contributed by atoms with Gasteiger partial charge in [-0.2, -0.15) is 11.8 Å². The molecule has 0 spiro atoms. The van der Waals surface area contributed by atoms with Crippen LogP contribution in [0.1, 0.15) is 12.0 Å². The summed E-state index contributed by atoms with van der Waals surface area (Å²) in [7, 11) is 3.34. The van der Waals surface area contributed by atoms with E-state index in [1.54, 1.807) is 14.2 Å². The molecule has 1 saturated heterocycles. The SMILES string of the molecule is COc1ccc(CCNCC2CCSC2)cc1OC. The Labute approximate surface area is 120 Å². The van der Waals surface area contributed by atoms with Crippen LogP contribution in [0.15, 0.2) is 18.2 Å². The van der Waals surface area contributed by atoms with Gasteiger partial charge < -0.3 is 14.8 Å². The maximum atomic E-state index is 5.32. The quantitative estimate of drug-likeness (QED) is 0.778. The van der Waals surface area contributed by atoms with Crippen LogP contribution in [0.4, 0.5) is 0 Å². The minimum absolute atomic E-state index is 0.794. The first-order valence-corrected chi connectivity index (χ1v) is 7.98. The highest BCUT2D eigenvalue weighted by atomic mass is 32.2. The van der Waals surface area contributed by atoms with Crippen molar-refractivity contribution < 1.29 is 9.47 Å². The zero-order chi connectivity index (χ0) is 13.5. The monoisotopic (exact) mass is 281 g/mol. The van der Waals surface area contributed by atoms with E-state index in [2.05, 4.69) is 29.2 Å². The van der Waals surface area contributed by atoms with Crippen LogP contribution < -0.4 is 14.8 Å². The smallest absolute Gasteiger partial charge is 0.160 e. The van der Waals surface area contributed by atoms with Crippen LogP contribution in [0.2, 0.25) is 0 Å². The lowest BCUT2D eigenvalue weighted by Gasteiger charge is -2.11. The molecule has 1 aromatic rings. The highest BCUT2D eigenvalue weighted by molar-refractivity contribution is 7.99. The summed E-state index contributed by atoms with van der Waals surface area (Å²) in [4.78, 5) is 0. The number of hydrogen-bond donors (Lipinski definition) is 1. The first-order chi connectivity index (χ1) is 9.33. The minimum atomic E-state index is 0.794. The molecule has 1 aliphatic heterocycles. The summed E-state index contributed by atoms with van der Waals surface area (Å²) in [5.74, 6) is 5.13. The van der Waals surface area contributed by atoms with Gasteiger partial charge >= 0.3 is 0 Å². The highest BCUT2D eigenvalue weighted by Crippen LogP contribution is 2.27. The van der Waals surface area contributed by atoms with Crippen molar-refractivity contribution in [3.05, 3.63) is 23.8 Å². The van der Waals surface area contributed by atoms with E-state index in [1.165, 1.54) is 23.5 Å². The molecule has 0 radical (unpaired) electrons. The molecule has 1 aromatic carbocycles. The van der Waals surface area contributed by atoms with E-state index in [-0.39, 0.29) is 0 Å². The lowest BCUT2D eigenvalue weighted by molar-refractivity contribution is 0.354. The summed E-state index contributed by atoms with van der Waals surface area (Å²) < 4.78 is 10.6. The second-order valence-electron chi connectivity index (χ2n) is 4.87. The third-order valence-electron chi connectivity index (χ3n) is 3.50. The van der Waals surface area contributed by atoms with Crippen molar-refractivity contribution in [1.82, 2.24) is 5.32 Å². The molecule has 19 heavy (non-hydrogen) atoms. The topological polar surface area (TPSA) is 30.5 Å². The Morgan fingerprint density at radius 3 is 2.79 bits per heavy atom. The van der Waals surface area contributed by atoms with Crippen LogP contribution in [0.3, 0.4) is 0 Å². The van der Waals surface area contributed by atoms with Crippen molar-refractivity contribution in [3.63, 3.8) is 0 Å². The number of ether oxygens (including phenoxy) is 2. The van der Waals surface area contributed by atoms with Crippen molar-refractivity contribution in [3.8, 4) is 11.5 Å². The molecule has 0 amide bonds. The van der Waals surface area contributed by atoms with E-state index < -0.39 is 0 Å². The molecular weight excluding hydrogens is 258 g/mol. The molecule has 1 N–H and O–H groups in total. The van der Waals surface area contributed by atoms with Crippen LogP contribution in [0, 0.1) is 5.92 Å². The first kappa shape index (κ1) is 14.5. The number of methoxy groups -OCH3 is 2. The van der Waals surface area contributed by atoms with Crippen LogP contribution in [0.25, 0.3) is 0 Å². The Morgan fingerprint density at radius 2 is 2.11 bits per heavy atom. The summed E-state index contributed by atoms with van der Waals surface area (Å²) >= 11 is 2.08. The van der Waals surface area contributed by atoms with Gasteiger partial charge in [0.25, 0.3) is 0 Å². The van der Waals surface area contributed by atoms with Crippen LogP contribution in [-0.2, 0) is 6.42 Å². The van der Waals surface area contributed by atoms with Gasteiger partial charge in [-0.25, -0.2) is 0 Å². The van der Waals surface area contributed by atoms with E-state index in [0.717, 1.165) is 36.9 Å². The van der Waals surface area contributed by atoms with Crippen molar-refractivity contribution in [2.45, 2.75) is 12.8 Å². The van der Waals surface area contributed by atoms with Crippen molar-refractivity contribution in [1.29, 1.82) is 0 Å². The predicted molar refractivity (Wildman–Crippen MR) is 81.6 cm³/mol. The second-order valence-corrected chi connectivity index (χ2v) is 6.02. The Kier molecular flexibility index (Phi) is 5.86. The number of nitrogens with one attached hydrogen (secondary N) is 1. The summed E-state index contributed by atoms with van der Waals surface area (Å²) in [6.07, 6.45) is 2.40. The Bertz CT molecular complexity index is 392. The lowest BCUT2D eigenvalue weighted by atomic mass is 10.1. The Hall–Kier alpha value is -0.870. The van der Waals surface area contributed by atoms with E-state index in [0.29, 0.717) is 0 Å². The maximum Gasteiger partial charge on any atom is 0.160 e. The fraction of sp³-hybridized carbons (Fsp3) is 0.600. The van der Waals surface area contributed by atoms with E-state index >= 15 is 0 Å². The van der Waals surface area contributed by atoms with Gasteiger partial charge in [0.2, 0.25) is 0 Å². The molecule has 1 unspecified atom stereocenters. The lowest BCUT2D eigenvalue weighted by Crippen LogP contribution is -2.24. The molecule has 1 aliphatic rings. The van der Waals surface area contributed by atoms with Gasteiger partial charge in [-0.15, -0.1) is 0 Å². The zero-order valence-corrected chi connectivity index (χ0v) is 12.6. The molecule has 1 heterocycles. The van der Waals surface area contributed by atoms with Gasteiger partial charge in [-0.3, -0.25) is 0 Å². The van der Waals surface area contributed by atoms with Gasteiger partial charge in [0.15, 0.2) is 11.5 Å². The summed E-state index contributed by atoms with van der Waals surface area (Å²) in [5, 5.41) is 3.56. The number of hydrogen-bond acceptors (Lipinski definition) is 4. The summed E-state index contributed by atoms with van der Waals surface area (Å²) in [5.41, 5.74) is 1.28. The van der Waals surface area contributed by atoms with Gasteiger partial charge in [0, 0.05) is 0 Å². The normalized spacial score (nSPS) is 18.5. The molecular formula is C15H23NO2S. The third kappa shape index (κ3) is 4.32. The average Bonchev–Trinajstić information content (AvgIpc) is 2.96. The van der Waals surface area contributed by atoms with Gasteiger partial charge in [0.1, 0.15) is 0 Å². The molecule has 0 aromatic heterocycles. The van der Waals surface area contributed by atoms with Crippen LogP contribution in [-0.4, -0.2) is 38.8 Å². The van der Waals surface area contributed by atoms with Gasteiger partial charge in [-0.05, 0) is 61.1 Å². The van der Waals surface area contributed by atoms with E-state index in [9.17, 15) is 0 Å². The third-order valence-corrected chi connectivity index (χ3v) is 4.73. The molecule has 0 bridgehead atoms. The molecule has 0 saturated carbocycles. The largest absolute Gasteiger partial charge is 0.493 e. The van der Waals surface area contributed by atoms with Gasteiger partial charge in [0.05, 0.1) is 14.2 Å². The molecule has 4 heteroatoms. The second kappa shape index (κ2) is 7.65. The fourth-order valence-electron chi connectivity index (χ4n) is 2.32. The Balaban J connectivity index is 1.75. The zero-order valence-electron chi connectivity index (χ0n) is 11.8. The number of benzene rings is 1. The van der Waals surface area contributed by atoms with Crippen molar-refractivity contribution >= 4 is 11.8 Å². The van der Waals surface area contributed by atoms with Crippen molar-refractivity contribution in [2.75, 3.05) is 38.8 Å². The first-order valence-electron chi connectivity index (χ1n) is 6.83. The Morgan fingerprint density at radius 1 is 1.26 bits per heavy atom. The molecule has 106 valence electrons. The molecule has 3 nitrogen and oxygen atoms in total. The van der Waals surface area contributed by atoms with Crippen LogP contribution >= 0.6 is 11.8 Å². The van der Waals surface area contributed by atoms with E-state index in [4.69, 9.17) is 9.47 Å². The molecule has 1 fully saturated rings. The van der Waals surface area contributed by atoms with Crippen molar-refractivity contribution in [2.24, 2.45) is 5.92 Å². The highest BCUT2D eigenvalue weighted by Gasteiger charge is 2.14. The summed E-state index contributed by atoms with van der Waals surface area (Å²) in [6.45, 7) is 2.18. The number of thioether (sulfide) groups is 1. The molecule has 2 rings (SSSR count). The predicted octanol–water partition coefficient (Wildman–Crippen LogP) is 2.59. The molecule has 0 aliphatic carbocycles. The minimum Gasteiger partial charge on any atom is -0.493 e. The van der Waals surface area contributed by atoms with E-state index in [1.807, 2.05) is 6.07 Å². The summed E-state index contributed by atoms with van der Waals surface area (Å²) in [6, 6.07) is 6.14. The average molecular weight is 281 g/mol. The standard InChI is InChI=1S/C15H23NO2S/c1-17-14-4-3-12(9-15(14)18-2)5-7-16-10-13-6-8-19-11-13/h3-4,9,13,16H,5-8,10-11H2,1-2H3.